The Bertz CT molecular complexity index is 1030. The molecule has 0 aromatic carbocycles. The van der Waals surface area contributed by atoms with Crippen molar-refractivity contribution in [2.75, 3.05) is 13.2 Å². The zero-order valence-corrected chi connectivity index (χ0v) is 47.1. The van der Waals surface area contributed by atoms with Gasteiger partial charge in [-0.3, -0.25) is 14.4 Å². The van der Waals surface area contributed by atoms with Gasteiger partial charge in [0.2, 0.25) is 0 Å². The highest BCUT2D eigenvalue weighted by molar-refractivity contribution is 5.71. The van der Waals surface area contributed by atoms with Crippen LogP contribution in [0.15, 0.2) is 0 Å². The molecule has 0 aliphatic carbocycles. The Hall–Kier alpha value is -1.59. The predicted molar refractivity (Wildman–Crippen MR) is 298 cm³/mol. The van der Waals surface area contributed by atoms with Crippen molar-refractivity contribution in [3.63, 3.8) is 0 Å². The van der Waals surface area contributed by atoms with Crippen LogP contribution in [0.1, 0.15) is 367 Å². The molecule has 0 rings (SSSR count). The van der Waals surface area contributed by atoms with Crippen LogP contribution < -0.4 is 0 Å². The molecule has 410 valence electrons. The summed E-state index contributed by atoms with van der Waals surface area (Å²) in [7, 11) is 0. The molecule has 6 nitrogen and oxygen atoms in total. The van der Waals surface area contributed by atoms with Crippen LogP contribution in [0.2, 0.25) is 0 Å². The summed E-state index contributed by atoms with van der Waals surface area (Å²) in [5.74, 6) is -0.826. The topological polar surface area (TPSA) is 78.9 Å². The average molecular weight is 976 g/mol. The average Bonchev–Trinajstić information content (AvgIpc) is 3.35. The molecule has 6 heteroatoms. The molecule has 0 aromatic heterocycles. The number of unbranched alkanes of at least 4 members (excludes halogenated alkanes) is 48. The number of esters is 3. The van der Waals surface area contributed by atoms with Gasteiger partial charge in [0.1, 0.15) is 13.2 Å². The first-order valence-corrected chi connectivity index (χ1v) is 31.5. The van der Waals surface area contributed by atoms with Crippen LogP contribution in [0.3, 0.4) is 0 Å². The number of rotatable bonds is 59. The Morgan fingerprint density at radius 1 is 0.232 bits per heavy atom. The molecule has 0 fully saturated rings. The first-order chi connectivity index (χ1) is 34.0. The first-order valence-electron chi connectivity index (χ1n) is 31.5. The third-order valence-electron chi connectivity index (χ3n) is 14.6. The maximum absolute atomic E-state index is 12.9. The van der Waals surface area contributed by atoms with Crippen LogP contribution in [0, 0.1) is 0 Å². The number of carbonyl (C=O) groups excluding carboxylic acids is 3. The summed E-state index contributed by atoms with van der Waals surface area (Å²) in [6, 6.07) is 0. The van der Waals surface area contributed by atoms with Gasteiger partial charge >= 0.3 is 17.9 Å². The molecular formula is C63H122O6. The maximum Gasteiger partial charge on any atom is 0.306 e. The number of carbonyl (C=O) groups is 3. The maximum atomic E-state index is 12.9. The summed E-state index contributed by atoms with van der Waals surface area (Å²) in [4.78, 5) is 38.2. The van der Waals surface area contributed by atoms with Gasteiger partial charge in [-0.1, -0.05) is 329 Å². The van der Waals surface area contributed by atoms with E-state index < -0.39 is 6.10 Å². The van der Waals surface area contributed by atoms with E-state index >= 15 is 0 Å². The summed E-state index contributed by atoms with van der Waals surface area (Å²) < 4.78 is 16.9. The Morgan fingerprint density at radius 2 is 0.391 bits per heavy atom. The van der Waals surface area contributed by atoms with Gasteiger partial charge in [0.05, 0.1) is 0 Å². The minimum Gasteiger partial charge on any atom is -0.462 e. The van der Waals surface area contributed by atoms with Crippen molar-refractivity contribution in [2.24, 2.45) is 0 Å². The molecule has 0 aliphatic rings. The van der Waals surface area contributed by atoms with Crippen molar-refractivity contribution >= 4 is 17.9 Å². The second kappa shape index (κ2) is 59.0. The van der Waals surface area contributed by atoms with Crippen molar-refractivity contribution in [1.82, 2.24) is 0 Å². The van der Waals surface area contributed by atoms with Gasteiger partial charge in [-0.15, -0.1) is 0 Å². The number of hydrogen-bond donors (Lipinski definition) is 0. The molecule has 69 heavy (non-hydrogen) atoms. The van der Waals surface area contributed by atoms with E-state index in [1.807, 2.05) is 0 Å². The molecule has 0 spiro atoms. The van der Waals surface area contributed by atoms with Crippen LogP contribution >= 0.6 is 0 Å². The van der Waals surface area contributed by atoms with Gasteiger partial charge in [-0.2, -0.15) is 0 Å². The highest BCUT2D eigenvalue weighted by Gasteiger charge is 2.19. The summed E-state index contributed by atoms with van der Waals surface area (Å²) >= 11 is 0. The fourth-order valence-corrected chi connectivity index (χ4v) is 9.86. The van der Waals surface area contributed by atoms with E-state index in [-0.39, 0.29) is 31.1 Å². The van der Waals surface area contributed by atoms with Gasteiger partial charge in [-0.25, -0.2) is 0 Å². The largest absolute Gasteiger partial charge is 0.462 e. The van der Waals surface area contributed by atoms with Crippen LogP contribution in [-0.2, 0) is 28.6 Å². The Morgan fingerprint density at radius 3 is 0.580 bits per heavy atom. The zero-order valence-electron chi connectivity index (χ0n) is 47.1. The third kappa shape index (κ3) is 57.2. The standard InChI is InChI=1S/C63H122O6/c1-4-7-10-13-16-19-22-25-27-29-30-31-32-34-36-39-42-45-48-51-54-57-63(66)69-60(58-67-61(64)55-52-49-46-43-40-37-24-21-18-15-12-9-6-3)59-68-62(65)56-53-50-47-44-41-38-35-33-28-26-23-20-17-14-11-8-5-2/h60H,4-59H2,1-3H3/t60-/m0/s1. The van der Waals surface area contributed by atoms with Gasteiger partial charge in [0.25, 0.3) is 0 Å². The van der Waals surface area contributed by atoms with Gasteiger partial charge < -0.3 is 14.2 Å². The number of ether oxygens (including phenoxy) is 3. The normalized spacial score (nSPS) is 11.9. The van der Waals surface area contributed by atoms with Crippen molar-refractivity contribution in [1.29, 1.82) is 0 Å². The van der Waals surface area contributed by atoms with E-state index in [0.29, 0.717) is 19.3 Å². The molecule has 1 atom stereocenters. The monoisotopic (exact) mass is 975 g/mol. The van der Waals surface area contributed by atoms with Gasteiger partial charge in [-0.05, 0) is 19.3 Å². The lowest BCUT2D eigenvalue weighted by atomic mass is 10.0. The predicted octanol–water partition coefficient (Wildman–Crippen LogP) is 21.1. The second-order valence-corrected chi connectivity index (χ2v) is 21.7. The van der Waals surface area contributed by atoms with Crippen LogP contribution in [0.4, 0.5) is 0 Å². The molecule has 0 saturated heterocycles. The molecule has 0 bridgehead atoms. The van der Waals surface area contributed by atoms with E-state index in [1.54, 1.807) is 0 Å². The second-order valence-electron chi connectivity index (χ2n) is 21.7. The lowest BCUT2D eigenvalue weighted by Crippen LogP contribution is -2.30. The smallest absolute Gasteiger partial charge is 0.306 e. The lowest BCUT2D eigenvalue weighted by Gasteiger charge is -2.18. The molecule has 0 aromatic rings. The van der Waals surface area contributed by atoms with Crippen molar-refractivity contribution in [2.45, 2.75) is 374 Å². The van der Waals surface area contributed by atoms with E-state index in [0.717, 1.165) is 57.8 Å². The highest BCUT2D eigenvalue weighted by atomic mass is 16.6. The van der Waals surface area contributed by atoms with Gasteiger partial charge in [0.15, 0.2) is 6.10 Å². The van der Waals surface area contributed by atoms with Crippen molar-refractivity contribution in [3.05, 3.63) is 0 Å². The third-order valence-corrected chi connectivity index (χ3v) is 14.6. The molecule has 0 radical (unpaired) electrons. The fraction of sp³-hybridized carbons (Fsp3) is 0.952. The molecule has 0 heterocycles. The summed E-state index contributed by atoms with van der Waals surface area (Å²) in [6.07, 6.45) is 66.8. The van der Waals surface area contributed by atoms with Crippen molar-refractivity contribution in [3.8, 4) is 0 Å². The van der Waals surface area contributed by atoms with Crippen molar-refractivity contribution < 1.29 is 28.6 Å². The summed E-state index contributed by atoms with van der Waals surface area (Å²) in [5.41, 5.74) is 0. The van der Waals surface area contributed by atoms with E-state index in [1.165, 1.54) is 270 Å². The molecule has 0 N–H and O–H groups in total. The van der Waals surface area contributed by atoms with E-state index in [4.69, 9.17) is 14.2 Å². The number of hydrogen-bond acceptors (Lipinski definition) is 6. The summed E-state index contributed by atoms with van der Waals surface area (Å²) in [6.45, 7) is 6.72. The molecule has 0 unspecified atom stereocenters. The first kappa shape index (κ1) is 67.4. The molecule has 0 amide bonds. The Labute approximate surface area is 431 Å². The lowest BCUT2D eigenvalue weighted by molar-refractivity contribution is -0.167. The minimum absolute atomic E-state index is 0.0607. The van der Waals surface area contributed by atoms with Crippen LogP contribution in [0.25, 0.3) is 0 Å². The SMILES string of the molecule is CCCCCCCCCCCCCCCCCCCCCCCC(=O)O[C@@H](COC(=O)CCCCCCCCCCCCCCC)COC(=O)CCCCCCCCCCCCCCCCCCC. The molecule has 0 aliphatic heterocycles. The summed E-state index contributed by atoms with van der Waals surface area (Å²) in [5, 5.41) is 0. The van der Waals surface area contributed by atoms with Crippen LogP contribution in [-0.4, -0.2) is 37.2 Å². The minimum atomic E-state index is -0.762. The zero-order chi connectivity index (χ0) is 50.0. The Balaban J connectivity index is 4.25. The van der Waals surface area contributed by atoms with Gasteiger partial charge in [0, 0.05) is 19.3 Å². The fourth-order valence-electron chi connectivity index (χ4n) is 9.86. The van der Waals surface area contributed by atoms with E-state index in [2.05, 4.69) is 20.8 Å². The molecule has 0 saturated carbocycles. The highest BCUT2D eigenvalue weighted by Crippen LogP contribution is 2.18. The molecular weight excluding hydrogens is 853 g/mol. The quantitative estimate of drug-likeness (QED) is 0.0343. The van der Waals surface area contributed by atoms with Crippen LogP contribution in [0.5, 0.6) is 0 Å². The van der Waals surface area contributed by atoms with E-state index in [9.17, 15) is 14.4 Å². The Kier molecular flexibility index (Phi) is 57.6.